The van der Waals surface area contributed by atoms with E-state index in [2.05, 4.69) is 6.92 Å². The number of carbonyl (C=O) groups excluding carboxylic acids is 3. The van der Waals surface area contributed by atoms with Crippen molar-refractivity contribution in [1.82, 2.24) is 14.7 Å². The first-order valence-electron chi connectivity index (χ1n) is 7.51. The third kappa shape index (κ3) is 1.53. The third-order valence-corrected chi connectivity index (χ3v) is 5.20. The Kier molecular flexibility index (Phi) is 2.41. The number of rotatable bonds is 2. The highest BCUT2D eigenvalue weighted by molar-refractivity contribution is 6.05. The van der Waals surface area contributed by atoms with Crippen molar-refractivity contribution >= 4 is 17.8 Å². The summed E-state index contributed by atoms with van der Waals surface area (Å²) in [5.74, 6) is 0.568. The van der Waals surface area contributed by atoms with Gasteiger partial charge in [-0.15, -0.1) is 0 Å². The summed E-state index contributed by atoms with van der Waals surface area (Å²) in [5, 5.41) is 0. The smallest absolute Gasteiger partial charge is 0.327 e. The number of nitrogens with zero attached hydrogens (tertiary/aromatic N) is 3. The molecule has 108 valence electrons. The lowest BCUT2D eigenvalue weighted by atomic mass is 10.2. The van der Waals surface area contributed by atoms with Crippen LogP contribution in [0.4, 0.5) is 4.79 Å². The Bertz CT molecular complexity index is 484. The van der Waals surface area contributed by atoms with Crippen molar-refractivity contribution in [1.29, 1.82) is 0 Å². The van der Waals surface area contributed by atoms with Gasteiger partial charge in [0.05, 0.1) is 6.04 Å². The zero-order valence-electron chi connectivity index (χ0n) is 11.6. The van der Waals surface area contributed by atoms with E-state index >= 15 is 0 Å². The fourth-order valence-electron chi connectivity index (χ4n) is 3.92. The minimum Gasteiger partial charge on any atom is -0.337 e. The second kappa shape index (κ2) is 3.96. The molecule has 1 aliphatic carbocycles. The highest BCUT2D eigenvalue weighted by Crippen LogP contribution is 2.39. The summed E-state index contributed by atoms with van der Waals surface area (Å²) in [6.07, 6.45) is 3.03. The number of carbonyl (C=O) groups is 3. The number of fused-ring (bicyclic) bond motifs is 1. The molecule has 0 aromatic carbocycles. The van der Waals surface area contributed by atoms with Crippen molar-refractivity contribution in [3.05, 3.63) is 0 Å². The predicted molar refractivity (Wildman–Crippen MR) is 69.7 cm³/mol. The van der Waals surface area contributed by atoms with Crippen LogP contribution in [0.3, 0.4) is 0 Å². The second-order valence-corrected chi connectivity index (χ2v) is 6.53. The quantitative estimate of drug-likeness (QED) is 0.687. The van der Waals surface area contributed by atoms with Gasteiger partial charge >= 0.3 is 6.03 Å². The molecule has 1 saturated carbocycles. The third-order valence-electron chi connectivity index (χ3n) is 5.20. The van der Waals surface area contributed by atoms with Crippen LogP contribution in [0, 0.1) is 5.92 Å². The van der Waals surface area contributed by atoms with Crippen molar-refractivity contribution in [2.45, 2.75) is 50.7 Å². The van der Waals surface area contributed by atoms with E-state index in [0.717, 1.165) is 19.3 Å². The van der Waals surface area contributed by atoms with Gasteiger partial charge in [-0.2, -0.15) is 0 Å². The zero-order valence-corrected chi connectivity index (χ0v) is 11.6. The van der Waals surface area contributed by atoms with Gasteiger partial charge in [-0.25, -0.2) is 4.79 Å². The average Bonchev–Trinajstić information content (AvgIpc) is 2.81. The standard InChI is InChI=1S/C14H19N3O3/c1-8-5-11(8)16-7-9(6-12(16)18)17-13(19)10-3-2-4-15(10)14(17)20/h8-11H,2-7H2,1H3/t8?,9?,10-,11?/m1/s1. The lowest BCUT2D eigenvalue weighted by Crippen LogP contribution is -2.43. The molecule has 4 amide bonds. The van der Waals surface area contributed by atoms with Crippen LogP contribution >= 0.6 is 0 Å². The summed E-state index contributed by atoms with van der Waals surface area (Å²) in [5.41, 5.74) is 0. The molecular formula is C14H19N3O3. The van der Waals surface area contributed by atoms with E-state index in [0.29, 0.717) is 31.5 Å². The molecule has 3 unspecified atom stereocenters. The maximum absolute atomic E-state index is 12.4. The van der Waals surface area contributed by atoms with Crippen molar-refractivity contribution < 1.29 is 14.4 Å². The van der Waals surface area contributed by atoms with Gasteiger partial charge in [0.15, 0.2) is 0 Å². The molecule has 4 atom stereocenters. The highest BCUT2D eigenvalue weighted by Gasteiger charge is 2.53. The Morgan fingerprint density at radius 3 is 2.55 bits per heavy atom. The number of amides is 4. The molecular weight excluding hydrogens is 258 g/mol. The lowest BCUT2D eigenvalue weighted by Gasteiger charge is -2.22. The van der Waals surface area contributed by atoms with Gasteiger partial charge in [0.1, 0.15) is 6.04 Å². The first-order valence-corrected chi connectivity index (χ1v) is 7.51. The van der Waals surface area contributed by atoms with E-state index < -0.39 is 0 Å². The van der Waals surface area contributed by atoms with E-state index in [9.17, 15) is 14.4 Å². The SMILES string of the molecule is CC1CC1N1CC(N2C(=O)[C@H]3CCCN3C2=O)CC1=O. The predicted octanol–water partition coefficient (Wildman–Crippen LogP) is 0.422. The average molecular weight is 277 g/mol. The topological polar surface area (TPSA) is 60.9 Å². The minimum atomic E-state index is -0.258. The van der Waals surface area contributed by atoms with Gasteiger partial charge in [0, 0.05) is 25.6 Å². The van der Waals surface area contributed by atoms with Crippen LogP contribution in [0.25, 0.3) is 0 Å². The maximum atomic E-state index is 12.4. The van der Waals surface area contributed by atoms with E-state index in [1.54, 1.807) is 4.90 Å². The van der Waals surface area contributed by atoms with Gasteiger partial charge in [-0.05, 0) is 25.2 Å². The molecule has 0 radical (unpaired) electrons. The first kappa shape index (κ1) is 12.2. The zero-order chi connectivity index (χ0) is 14.0. The van der Waals surface area contributed by atoms with Gasteiger partial charge in [0.25, 0.3) is 5.91 Å². The number of likely N-dealkylation sites (tertiary alicyclic amines) is 1. The summed E-state index contributed by atoms with van der Waals surface area (Å²) in [6.45, 7) is 3.34. The van der Waals surface area contributed by atoms with Crippen LogP contribution < -0.4 is 0 Å². The normalized spacial score (nSPS) is 40.0. The number of imide groups is 1. The van der Waals surface area contributed by atoms with Crippen LogP contribution in [-0.2, 0) is 9.59 Å². The molecule has 0 aromatic rings. The Morgan fingerprint density at radius 1 is 1.15 bits per heavy atom. The summed E-state index contributed by atoms with van der Waals surface area (Å²) in [7, 11) is 0. The van der Waals surface area contributed by atoms with E-state index in [1.807, 2.05) is 4.90 Å². The molecule has 4 aliphatic rings. The monoisotopic (exact) mass is 277 g/mol. The summed E-state index contributed by atoms with van der Waals surface area (Å²) >= 11 is 0. The Morgan fingerprint density at radius 2 is 1.90 bits per heavy atom. The fraction of sp³-hybridized carbons (Fsp3) is 0.786. The van der Waals surface area contributed by atoms with Crippen LogP contribution in [0.15, 0.2) is 0 Å². The van der Waals surface area contributed by atoms with Crippen molar-refractivity contribution in [3.8, 4) is 0 Å². The van der Waals surface area contributed by atoms with Gasteiger partial charge < -0.3 is 9.80 Å². The molecule has 0 spiro atoms. The van der Waals surface area contributed by atoms with Crippen molar-refractivity contribution in [2.24, 2.45) is 5.92 Å². The van der Waals surface area contributed by atoms with E-state index in [-0.39, 0.29) is 29.9 Å². The van der Waals surface area contributed by atoms with Gasteiger partial charge in [-0.1, -0.05) is 6.92 Å². The minimum absolute atomic E-state index is 0.0870. The number of hydrogen-bond acceptors (Lipinski definition) is 3. The van der Waals surface area contributed by atoms with Gasteiger partial charge in [-0.3, -0.25) is 14.5 Å². The molecule has 6 nitrogen and oxygen atoms in total. The first-order chi connectivity index (χ1) is 9.58. The molecule has 4 fully saturated rings. The largest absolute Gasteiger partial charge is 0.337 e. The molecule has 3 aliphatic heterocycles. The van der Waals surface area contributed by atoms with Crippen LogP contribution in [0.5, 0.6) is 0 Å². The second-order valence-electron chi connectivity index (χ2n) is 6.53. The Hall–Kier alpha value is -1.59. The van der Waals surface area contributed by atoms with Crippen LogP contribution in [0.2, 0.25) is 0 Å². The Labute approximate surface area is 117 Å². The molecule has 3 saturated heterocycles. The summed E-state index contributed by atoms with van der Waals surface area (Å²) in [4.78, 5) is 41.7. The van der Waals surface area contributed by atoms with E-state index in [1.165, 1.54) is 4.90 Å². The summed E-state index contributed by atoms with van der Waals surface area (Å²) < 4.78 is 0. The molecule has 3 heterocycles. The van der Waals surface area contributed by atoms with Crippen LogP contribution in [0.1, 0.15) is 32.6 Å². The molecule has 0 N–H and O–H groups in total. The lowest BCUT2D eigenvalue weighted by molar-refractivity contribution is -0.129. The molecule has 20 heavy (non-hydrogen) atoms. The number of hydrogen-bond donors (Lipinski definition) is 0. The van der Waals surface area contributed by atoms with Crippen molar-refractivity contribution in [3.63, 3.8) is 0 Å². The summed E-state index contributed by atoms with van der Waals surface area (Å²) in [6, 6.07) is -0.353. The highest BCUT2D eigenvalue weighted by atomic mass is 16.2. The molecule has 4 rings (SSSR count). The van der Waals surface area contributed by atoms with Crippen LogP contribution in [-0.4, -0.2) is 63.8 Å². The Balaban J connectivity index is 1.53. The van der Waals surface area contributed by atoms with E-state index in [4.69, 9.17) is 0 Å². The molecule has 0 bridgehead atoms. The van der Waals surface area contributed by atoms with Gasteiger partial charge in [0.2, 0.25) is 5.91 Å². The molecule has 0 aromatic heterocycles. The van der Waals surface area contributed by atoms with Crippen molar-refractivity contribution in [2.75, 3.05) is 13.1 Å². The number of urea groups is 1. The molecule has 6 heteroatoms. The fourth-order valence-corrected chi connectivity index (χ4v) is 3.92. The maximum Gasteiger partial charge on any atom is 0.327 e.